The summed E-state index contributed by atoms with van der Waals surface area (Å²) in [6, 6.07) is 13.7. The number of carbonyl (C=O) groups is 1. The average Bonchev–Trinajstić information content (AvgIpc) is 3.06. The van der Waals surface area contributed by atoms with Crippen LogP contribution in [0.4, 0.5) is 0 Å². The van der Waals surface area contributed by atoms with Crippen molar-refractivity contribution >= 4 is 11.5 Å². The second-order valence-electron chi connectivity index (χ2n) is 4.98. The van der Waals surface area contributed by atoms with E-state index >= 15 is 0 Å². The van der Waals surface area contributed by atoms with Crippen LogP contribution in [0.3, 0.4) is 0 Å². The zero-order chi connectivity index (χ0) is 17.5. The summed E-state index contributed by atoms with van der Waals surface area (Å²) in [5.74, 6) is -0.960. The van der Waals surface area contributed by atoms with Crippen LogP contribution in [0.1, 0.15) is 21.5 Å². The van der Waals surface area contributed by atoms with Crippen LogP contribution >= 0.6 is 0 Å². The van der Waals surface area contributed by atoms with Crippen LogP contribution in [0, 0.1) is 34.0 Å². The SMILES string of the molecule is N#CC(C#N)=C(C#N)c1ccn(CCc2ccc(C(=O)O)cc2)c1. The Labute approximate surface area is 138 Å². The van der Waals surface area contributed by atoms with Gasteiger partial charge in [0.25, 0.3) is 0 Å². The summed E-state index contributed by atoms with van der Waals surface area (Å²) >= 11 is 0. The third-order valence-corrected chi connectivity index (χ3v) is 3.48. The van der Waals surface area contributed by atoms with Gasteiger partial charge in [0.15, 0.2) is 0 Å². The van der Waals surface area contributed by atoms with Crippen molar-refractivity contribution in [3.05, 3.63) is 65.0 Å². The van der Waals surface area contributed by atoms with E-state index in [4.69, 9.17) is 20.9 Å². The summed E-state index contributed by atoms with van der Waals surface area (Å²) < 4.78 is 1.85. The Morgan fingerprint density at radius 1 is 1.00 bits per heavy atom. The second kappa shape index (κ2) is 7.45. The zero-order valence-corrected chi connectivity index (χ0v) is 12.6. The molecule has 6 nitrogen and oxygen atoms in total. The Morgan fingerprint density at radius 3 is 2.21 bits per heavy atom. The first-order chi connectivity index (χ1) is 11.6. The van der Waals surface area contributed by atoms with Gasteiger partial charge >= 0.3 is 5.97 Å². The van der Waals surface area contributed by atoms with E-state index in [1.807, 2.05) is 10.6 Å². The van der Waals surface area contributed by atoms with E-state index in [2.05, 4.69) is 0 Å². The minimum absolute atomic E-state index is 0.0598. The summed E-state index contributed by atoms with van der Waals surface area (Å²) in [5, 5.41) is 35.8. The van der Waals surface area contributed by atoms with Crippen molar-refractivity contribution in [2.24, 2.45) is 0 Å². The number of benzene rings is 1. The van der Waals surface area contributed by atoms with Gasteiger partial charge in [0.1, 0.15) is 23.8 Å². The van der Waals surface area contributed by atoms with Crippen molar-refractivity contribution in [1.29, 1.82) is 15.8 Å². The number of hydrogen-bond donors (Lipinski definition) is 1. The number of aryl methyl sites for hydroxylation is 2. The maximum absolute atomic E-state index is 10.8. The lowest BCUT2D eigenvalue weighted by atomic mass is 10.1. The van der Waals surface area contributed by atoms with E-state index in [1.165, 1.54) is 0 Å². The summed E-state index contributed by atoms with van der Waals surface area (Å²) in [6.45, 7) is 0.625. The van der Waals surface area contributed by atoms with Gasteiger partial charge in [-0.2, -0.15) is 15.8 Å². The summed E-state index contributed by atoms with van der Waals surface area (Å²) in [4.78, 5) is 10.8. The topological polar surface area (TPSA) is 114 Å². The predicted molar refractivity (Wildman–Crippen MR) is 85.3 cm³/mol. The summed E-state index contributed by atoms with van der Waals surface area (Å²) in [7, 11) is 0. The predicted octanol–water partition coefficient (Wildman–Crippen LogP) is 2.75. The van der Waals surface area contributed by atoms with Gasteiger partial charge in [0, 0.05) is 24.5 Å². The largest absolute Gasteiger partial charge is 0.478 e. The van der Waals surface area contributed by atoms with Crippen molar-refractivity contribution in [3.8, 4) is 18.2 Å². The van der Waals surface area contributed by atoms with Crippen LogP contribution in [-0.2, 0) is 13.0 Å². The molecule has 0 unspecified atom stereocenters. The fourth-order valence-corrected chi connectivity index (χ4v) is 2.20. The monoisotopic (exact) mass is 316 g/mol. The molecule has 2 rings (SSSR count). The van der Waals surface area contributed by atoms with Crippen LogP contribution in [0.15, 0.2) is 48.3 Å². The van der Waals surface area contributed by atoms with Crippen molar-refractivity contribution in [2.45, 2.75) is 13.0 Å². The molecule has 24 heavy (non-hydrogen) atoms. The molecule has 0 saturated heterocycles. The first kappa shape index (κ1) is 16.5. The van der Waals surface area contributed by atoms with Crippen LogP contribution in [0.25, 0.3) is 5.57 Å². The molecular formula is C18H12N4O2. The molecule has 0 aliphatic carbocycles. The molecule has 0 atom stereocenters. The number of aromatic nitrogens is 1. The van der Waals surface area contributed by atoms with Crippen molar-refractivity contribution in [1.82, 2.24) is 4.57 Å². The first-order valence-corrected chi connectivity index (χ1v) is 7.02. The lowest BCUT2D eigenvalue weighted by molar-refractivity contribution is 0.0697. The number of aromatic carboxylic acids is 1. The first-order valence-electron chi connectivity index (χ1n) is 7.02. The smallest absolute Gasteiger partial charge is 0.335 e. The van der Waals surface area contributed by atoms with Gasteiger partial charge in [-0.15, -0.1) is 0 Å². The minimum atomic E-state index is -0.960. The standard InChI is InChI=1S/C18H12N4O2/c19-9-16(10-20)17(11-21)15-6-8-22(12-15)7-5-13-1-3-14(4-2-13)18(23)24/h1-4,6,8,12H,5,7H2,(H,23,24). The lowest BCUT2D eigenvalue weighted by Crippen LogP contribution is -2.00. The molecule has 1 heterocycles. The minimum Gasteiger partial charge on any atom is -0.478 e. The highest BCUT2D eigenvalue weighted by Crippen LogP contribution is 2.18. The number of hydrogen-bond acceptors (Lipinski definition) is 4. The molecule has 2 aromatic rings. The number of rotatable bonds is 5. The molecule has 0 bridgehead atoms. The maximum Gasteiger partial charge on any atom is 0.335 e. The molecular weight excluding hydrogens is 304 g/mol. The summed E-state index contributed by atoms with van der Waals surface area (Å²) in [6.07, 6.45) is 4.16. The fraction of sp³-hybridized carbons (Fsp3) is 0.111. The van der Waals surface area contributed by atoms with E-state index in [1.54, 1.807) is 54.9 Å². The molecule has 0 spiro atoms. The normalized spacial score (nSPS) is 9.38. The van der Waals surface area contributed by atoms with Gasteiger partial charge in [-0.3, -0.25) is 0 Å². The van der Waals surface area contributed by atoms with Gasteiger partial charge in [-0.25, -0.2) is 4.79 Å². The Hall–Kier alpha value is -3.82. The molecule has 0 aliphatic rings. The van der Waals surface area contributed by atoms with Crippen LogP contribution in [-0.4, -0.2) is 15.6 Å². The Bertz CT molecular complexity index is 900. The molecule has 0 amide bonds. The highest BCUT2D eigenvalue weighted by Gasteiger charge is 2.10. The Kier molecular flexibility index (Phi) is 5.13. The van der Waals surface area contributed by atoms with E-state index in [9.17, 15) is 4.79 Å². The van der Waals surface area contributed by atoms with Gasteiger partial charge in [0.05, 0.1) is 11.1 Å². The van der Waals surface area contributed by atoms with Crippen LogP contribution < -0.4 is 0 Å². The molecule has 0 saturated carbocycles. The molecule has 1 aromatic heterocycles. The lowest BCUT2D eigenvalue weighted by Gasteiger charge is -2.04. The van der Waals surface area contributed by atoms with E-state index < -0.39 is 5.97 Å². The number of carboxylic acids is 1. The molecule has 6 heteroatoms. The van der Waals surface area contributed by atoms with Crippen LogP contribution in [0.2, 0.25) is 0 Å². The average molecular weight is 316 g/mol. The maximum atomic E-state index is 10.8. The van der Waals surface area contributed by atoms with Gasteiger partial charge < -0.3 is 9.67 Å². The number of carboxylic acid groups (broad SMARTS) is 1. The van der Waals surface area contributed by atoms with E-state index in [-0.39, 0.29) is 16.7 Å². The highest BCUT2D eigenvalue weighted by molar-refractivity contribution is 5.87. The molecule has 116 valence electrons. The fourth-order valence-electron chi connectivity index (χ4n) is 2.20. The highest BCUT2D eigenvalue weighted by atomic mass is 16.4. The third kappa shape index (κ3) is 3.68. The van der Waals surface area contributed by atoms with Gasteiger partial charge in [-0.1, -0.05) is 12.1 Å². The zero-order valence-electron chi connectivity index (χ0n) is 12.6. The number of nitrogens with zero attached hydrogens (tertiary/aromatic N) is 4. The van der Waals surface area contributed by atoms with E-state index in [0.717, 1.165) is 5.56 Å². The molecule has 1 N–H and O–H groups in total. The summed E-state index contributed by atoms with van der Waals surface area (Å²) in [5.41, 5.74) is 1.60. The quantitative estimate of drug-likeness (QED) is 0.852. The van der Waals surface area contributed by atoms with E-state index in [0.29, 0.717) is 18.5 Å². The number of nitriles is 3. The van der Waals surface area contributed by atoms with Crippen molar-refractivity contribution in [3.63, 3.8) is 0 Å². The van der Waals surface area contributed by atoms with Gasteiger partial charge in [0.2, 0.25) is 0 Å². The molecule has 0 radical (unpaired) electrons. The third-order valence-electron chi connectivity index (χ3n) is 3.48. The molecule has 1 aromatic carbocycles. The van der Waals surface area contributed by atoms with Crippen molar-refractivity contribution < 1.29 is 9.90 Å². The molecule has 0 fully saturated rings. The molecule has 0 aliphatic heterocycles. The van der Waals surface area contributed by atoms with Gasteiger partial charge in [-0.05, 0) is 30.2 Å². The second-order valence-corrected chi connectivity index (χ2v) is 4.98. The van der Waals surface area contributed by atoms with Crippen LogP contribution in [0.5, 0.6) is 0 Å². The Morgan fingerprint density at radius 2 is 1.67 bits per heavy atom. The number of allylic oxidation sites excluding steroid dienone is 2. The Balaban J connectivity index is 2.11. The van der Waals surface area contributed by atoms with Crippen molar-refractivity contribution in [2.75, 3.05) is 0 Å².